The molecule has 1 fully saturated rings. The molecule has 0 spiro atoms. The highest BCUT2D eigenvalue weighted by Gasteiger charge is 2.34. The van der Waals surface area contributed by atoms with Gasteiger partial charge in [0.15, 0.2) is 0 Å². The fourth-order valence-electron chi connectivity index (χ4n) is 2.73. The van der Waals surface area contributed by atoms with Crippen LogP contribution in [-0.2, 0) is 21.0 Å². The highest BCUT2D eigenvalue weighted by atomic mass is 32.2. The fourth-order valence-corrected chi connectivity index (χ4v) is 5.89. The molecule has 2 aromatic rings. The lowest BCUT2D eigenvalue weighted by atomic mass is 10.2. The predicted molar refractivity (Wildman–Crippen MR) is 102 cm³/mol. The summed E-state index contributed by atoms with van der Waals surface area (Å²) in [7, 11) is -4.05. The van der Waals surface area contributed by atoms with Crippen LogP contribution in [0.5, 0.6) is 0 Å². The highest BCUT2D eigenvalue weighted by molar-refractivity contribution is 8.01. The second-order valence-electron chi connectivity index (χ2n) is 6.03. The number of carbonyl (C=O) groups excluding carboxylic acids is 1. The van der Waals surface area contributed by atoms with Gasteiger partial charge in [-0.15, -0.1) is 23.1 Å². The molecule has 152 valence electrons. The molecular formula is C17H17F3N2O3S3. The van der Waals surface area contributed by atoms with Gasteiger partial charge in [0.2, 0.25) is 15.9 Å². The summed E-state index contributed by atoms with van der Waals surface area (Å²) in [6.45, 7) is 0.520. The Morgan fingerprint density at radius 2 is 1.82 bits per heavy atom. The van der Waals surface area contributed by atoms with Gasteiger partial charge in [0, 0.05) is 26.2 Å². The number of halogens is 3. The summed E-state index contributed by atoms with van der Waals surface area (Å²) in [6, 6.07) is 7.53. The molecule has 0 atom stereocenters. The number of thiophene rings is 1. The molecule has 0 bridgehead atoms. The molecule has 28 heavy (non-hydrogen) atoms. The Balaban J connectivity index is 1.61. The molecule has 2 heterocycles. The van der Waals surface area contributed by atoms with Crippen LogP contribution in [0.1, 0.15) is 5.56 Å². The van der Waals surface area contributed by atoms with E-state index >= 15 is 0 Å². The molecule has 11 heteroatoms. The van der Waals surface area contributed by atoms with Crippen LogP contribution in [0.4, 0.5) is 13.2 Å². The quantitative estimate of drug-likeness (QED) is 0.656. The summed E-state index contributed by atoms with van der Waals surface area (Å²) in [5, 5.41) is 1.92. The first-order valence-corrected chi connectivity index (χ1v) is 11.6. The van der Waals surface area contributed by atoms with Crippen molar-refractivity contribution >= 4 is 39.0 Å². The van der Waals surface area contributed by atoms with Crippen molar-refractivity contribution < 1.29 is 26.4 Å². The van der Waals surface area contributed by atoms with Crippen LogP contribution in [0, 0.1) is 0 Å². The maximum absolute atomic E-state index is 12.9. The molecule has 0 aliphatic carbocycles. The minimum absolute atomic E-state index is 0.0496. The van der Waals surface area contributed by atoms with Crippen LogP contribution < -0.4 is 0 Å². The lowest BCUT2D eigenvalue weighted by Crippen LogP contribution is -2.51. The van der Waals surface area contributed by atoms with E-state index in [4.69, 9.17) is 0 Å². The molecule has 3 rings (SSSR count). The third-order valence-electron chi connectivity index (χ3n) is 4.22. The van der Waals surface area contributed by atoms with E-state index in [9.17, 15) is 26.4 Å². The van der Waals surface area contributed by atoms with Gasteiger partial charge >= 0.3 is 6.18 Å². The molecule has 1 aromatic carbocycles. The van der Waals surface area contributed by atoms with E-state index in [1.54, 1.807) is 16.2 Å². The van der Waals surface area contributed by atoms with Gasteiger partial charge in [0.25, 0.3) is 0 Å². The normalized spacial score (nSPS) is 16.3. The molecule has 1 amide bonds. The Hall–Kier alpha value is -1.56. The summed E-state index contributed by atoms with van der Waals surface area (Å²) >= 11 is 2.97. The number of alkyl halides is 3. The number of carbonyl (C=O) groups is 1. The minimum atomic E-state index is -4.61. The number of benzene rings is 1. The third kappa shape index (κ3) is 4.88. The number of hydrogen-bond donors (Lipinski definition) is 0. The predicted octanol–water partition coefficient (Wildman–Crippen LogP) is 3.39. The molecule has 1 aromatic heterocycles. The van der Waals surface area contributed by atoms with Gasteiger partial charge in [0.1, 0.15) is 0 Å². The maximum Gasteiger partial charge on any atom is 0.416 e. The van der Waals surface area contributed by atoms with Crippen LogP contribution in [-0.4, -0.2) is 55.5 Å². The standard InChI is InChI=1S/C17H17F3N2O3S3/c18-17(19,20)13-3-1-4-14(11-13)28(24,25)22-8-6-21(7-9-22)15(23)12-27-16-5-2-10-26-16/h1-5,10-11H,6-9,12H2. The second kappa shape index (κ2) is 8.44. The first-order chi connectivity index (χ1) is 13.2. The lowest BCUT2D eigenvalue weighted by Gasteiger charge is -2.34. The van der Waals surface area contributed by atoms with Crippen LogP contribution >= 0.6 is 23.1 Å². The average Bonchev–Trinajstić information content (AvgIpc) is 3.19. The first kappa shape index (κ1) is 21.2. The Morgan fingerprint density at radius 1 is 1.11 bits per heavy atom. The number of piperazine rings is 1. The smallest absolute Gasteiger partial charge is 0.339 e. The van der Waals surface area contributed by atoms with E-state index in [0.29, 0.717) is 6.07 Å². The summed E-state index contributed by atoms with van der Waals surface area (Å²) in [5.41, 5.74) is -1.01. The molecule has 0 radical (unpaired) electrons. The molecule has 0 N–H and O–H groups in total. The Morgan fingerprint density at radius 3 is 2.43 bits per heavy atom. The van der Waals surface area contributed by atoms with Gasteiger partial charge in [0.05, 0.1) is 20.4 Å². The van der Waals surface area contributed by atoms with Crippen molar-refractivity contribution in [3.63, 3.8) is 0 Å². The molecule has 1 saturated heterocycles. The second-order valence-corrected chi connectivity index (χ2v) is 10.2. The minimum Gasteiger partial charge on any atom is -0.339 e. The van der Waals surface area contributed by atoms with Gasteiger partial charge in [-0.25, -0.2) is 8.42 Å². The number of hydrogen-bond acceptors (Lipinski definition) is 5. The van der Waals surface area contributed by atoms with E-state index < -0.39 is 26.7 Å². The maximum atomic E-state index is 12.9. The van der Waals surface area contributed by atoms with Crippen LogP contribution in [0.2, 0.25) is 0 Å². The van der Waals surface area contributed by atoms with E-state index in [1.165, 1.54) is 11.8 Å². The van der Waals surface area contributed by atoms with Gasteiger partial charge in [-0.05, 0) is 29.6 Å². The first-order valence-electron chi connectivity index (χ1n) is 8.29. The lowest BCUT2D eigenvalue weighted by molar-refractivity contribution is -0.137. The highest BCUT2D eigenvalue weighted by Crippen LogP contribution is 2.31. The number of nitrogens with zero attached hydrogens (tertiary/aromatic N) is 2. The summed E-state index contributed by atoms with van der Waals surface area (Å²) < 4.78 is 66.1. The Bertz CT molecular complexity index is 923. The molecule has 0 saturated carbocycles. The summed E-state index contributed by atoms with van der Waals surface area (Å²) in [5.74, 6) is 0.176. The molecule has 5 nitrogen and oxygen atoms in total. The van der Waals surface area contributed by atoms with Crippen molar-refractivity contribution in [2.45, 2.75) is 15.3 Å². The van der Waals surface area contributed by atoms with Gasteiger partial charge in [-0.1, -0.05) is 12.1 Å². The molecule has 0 unspecified atom stereocenters. The monoisotopic (exact) mass is 450 g/mol. The van der Waals surface area contributed by atoms with Crippen molar-refractivity contribution in [3.05, 3.63) is 47.3 Å². The van der Waals surface area contributed by atoms with Gasteiger partial charge in [-0.3, -0.25) is 4.79 Å². The van der Waals surface area contributed by atoms with Gasteiger partial charge in [-0.2, -0.15) is 17.5 Å². The van der Waals surface area contributed by atoms with Crippen molar-refractivity contribution in [1.29, 1.82) is 0 Å². The van der Waals surface area contributed by atoms with Crippen LogP contribution in [0.15, 0.2) is 50.9 Å². The van der Waals surface area contributed by atoms with Crippen molar-refractivity contribution in [2.24, 2.45) is 0 Å². The van der Waals surface area contributed by atoms with E-state index in [-0.39, 0.29) is 37.8 Å². The Kier molecular flexibility index (Phi) is 6.37. The fraction of sp³-hybridized carbons (Fsp3) is 0.353. The zero-order valence-electron chi connectivity index (χ0n) is 14.6. The van der Waals surface area contributed by atoms with Crippen molar-refractivity contribution in [1.82, 2.24) is 9.21 Å². The van der Waals surface area contributed by atoms with E-state index in [1.807, 2.05) is 17.5 Å². The summed E-state index contributed by atoms with van der Waals surface area (Å²) in [4.78, 5) is 13.5. The third-order valence-corrected chi connectivity index (χ3v) is 8.23. The van der Waals surface area contributed by atoms with Crippen LogP contribution in [0.3, 0.4) is 0 Å². The molecular weight excluding hydrogens is 433 g/mol. The van der Waals surface area contributed by atoms with E-state index in [2.05, 4.69) is 0 Å². The Labute approximate surface area is 169 Å². The van der Waals surface area contributed by atoms with Crippen LogP contribution in [0.25, 0.3) is 0 Å². The number of amides is 1. The molecule has 1 aliphatic heterocycles. The number of rotatable bonds is 5. The largest absolute Gasteiger partial charge is 0.416 e. The SMILES string of the molecule is O=C(CSc1cccs1)N1CCN(S(=O)(=O)c2cccc(C(F)(F)F)c2)CC1. The van der Waals surface area contributed by atoms with Gasteiger partial charge < -0.3 is 4.90 Å². The van der Waals surface area contributed by atoms with E-state index in [0.717, 1.165) is 26.7 Å². The summed E-state index contributed by atoms with van der Waals surface area (Å²) in [6.07, 6.45) is -4.61. The molecule has 1 aliphatic rings. The zero-order valence-corrected chi connectivity index (χ0v) is 17.0. The van der Waals surface area contributed by atoms with Crippen molar-refractivity contribution in [2.75, 3.05) is 31.9 Å². The average molecular weight is 451 g/mol. The number of thioether (sulfide) groups is 1. The number of sulfonamides is 1. The van der Waals surface area contributed by atoms with Crippen molar-refractivity contribution in [3.8, 4) is 0 Å². The zero-order chi connectivity index (χ0) is 20.4. The topological polar surface area (TPSA) is 57.7 Å².